The summed E-state index contributed by atoms with van der Waals surface area (Å²) in [5.41, 5.74) is 2.68. The Bertz CT molecular complexity index is 561. The Labute approximate surface area is 112 Å². The van der Waals surface area contributed by atoms with Crippen LogP contribution in [0.2, 0.25) is 0 Å². The monoisotopic (exact) mass is 258 g/mol. The van der Waals surface area contributed by atoms with Crippen LogP contribution < -0.4 is 10.6 Å². The van der Waals surface area contributed by atoms with E-state index in [1.165, 1.54) is 0 Å². The highest BCUT2D eigenvalue weighted by atomic mass is 16.3. The van der Waals surface area contributed by atoms with Crippen LogP contribution in [-0.4, -0.2) is 12.5 Å². The Balaban J connectivity index is 2.03. The molecule has 1 aromatic carbocycles. The lowest BCUT2D eigenvalue weighted by Gasteiger charge is -2.07. The molecule has 0 aliphatic carbocycles. The van der Waals surface area contributed by atoms with Gasteiger partial charge in [0.1, 0.15) is 5.76 Å². The molecule has 2 aromatic rings. The number of nitrogens with one attached hydrogen (secondary N) is 2. The van der Waals surface area contributed by atoms with Crippen molar-refractivity contribution in [2.24, 2.45) is 0 Å². The van der Waals surface area contributed by atoms with Crippen LogP contribution in [0, 0.1) is 6.92 Å². The Morgan fingerprint density at radius 1 is 1.32 bits per heavy atom. The number of aryl methyl sites for hydroxylation is 1. The molecule has 0 fully saturated rings. The fourth-order valence-electron chi connectivity index (χ4n) is 1.80. The second-order valence-electron chi connectivity index (χ2n) is 4.32. The van der Waals surface area contributed by atoms with E-state index in [1.807, 2.05) is 38.1 Å². The molecule has 0 aliphatic heterocycles. The molecule has 0 saturated heterocycles. The van der Waals surface area contributed by atoms with Crippen molar-refractivity contribution in [2.45, 2.75) is 20.4 Å². The SMILES string of the molecule is CCNC(=O)c1cccc(NCc2occc2C)c1. The molecule has 0 bridgehead atoms. The fourth-order valence-corrected chi connectivity index (χ4v) is 1.80. The Morgan fingerprint density at radius 3 is 2.84 bits per heavy atom. The van der Waals surface area contributed by atoms with Crippen molar-refractivity contribution < 1.29 is 9.21 Å². The van der Waals surface area contributed by atoms with Crippen LogP contribution in [0.5, 0.6) is 0 Å². The number of benzene rings is 1. The topological polar surface area (TPSA) is 54.3 Å². The first kappa shape index (κ1) is 13.2. The van der Waals surface area contributed by atoms with E-state index in [4.69, 9.17) is 4.42 Å². The third-order valence-corrected chi connectivity index (χ3v) is 2.88. The Hall–Kier alpha value is -2.23. The minimum absolute atomic E-state index is 0.0553. The number of amides is 1. The van der Waals surface area contributed by atoms with Gasteiger partial charge in [-0.1, -0.05) is 6.07 Å². The molecule has 0 aliphatic rings. The van der Waals surface area contributed by atoms with Gasteiger partial charge >= 0.3 is 0 Å². The standard InChI is InChI=1S/C15H18N2O2/c1-3-16-15(18)12-5-4-6-13(9-12)17-10-14-11(2)7-8-19-14/h4-9,17H,3,10H2,1-2H3,(H,16,18). The zero-order valence-corrected chi connectivity index (χ0v) is 11.2. The summed E-state index contributed by atoms with van der Waals surface area (Å²) in [5, 5.41) is 6.03. The molecule has 0 saturated carbocycles. The van der Waals surface area contributed by atoms with Gasteiger partial charge in [0.2, 0.25) is 0 Å². The van der Waals surface area contributed by atoms with Gasteiger partial charge in [0.25, 0.3) is 5.91 Å². The van der Waals surface area contributed by atoms with Crippen LogP contribution in [0.15, 0.2) is 41.0 Å². The van der Waals surface area contributed by atoms with Gasteiger partial charge in [0, 0.05) is 17.8 Å². The summed E-state index contributed by atoms with van der Waals surface area (Å²) in [6.07, 6.45) is 1.68. The molecule has 4 nitrogen and oxygen atoms in total. The van der Waals surface area contributed by atoms with E-state index in [1.54, 1.807) is 12.3 Å². The quantitative estimate of drug-likeness (QED) is 0.867. The lowest BCUT2D eigenvalue weighted by Crippen LogP contribution is -2.22. The van der Waals surface area contributed by atoms with Crippen LogP contribution in [0.3, 0.4) is 0 Å². The maximum absolute atomic E-state index is 11.7. The molecular weight excluding hydrogens is 240 g/mol. The molecule has 1 amide bonds. The lowest BCUT2D eigenvalue weighted by atomic mass is 10.2. The number of carbonyl (C=O) groups is 1. The summed E-state index contributed by atoms with van der Waals surface area (Å²) in [5.74, 6) is 0.851. The number of hydrogen-bond acceptors (Lipinski definition) is 3. The summed E-state index contributed by atoms with van der Waals surface area (Å²) < 4.78 is 5.36. The van der Waals surface area contributed by atoms with Gasteiger partial charge in [-0.3, -0.25) is 4.79 Å². The molecule has 0 unspecified atom stereocenters. The summed E-state index contributed by atoms with van der Waals surface area (Å²) in [7, 11) is 0. The van der Waals surface area contributed by atoms with Gasteiger partial charge in [0.15, 0.2) is 0 Å². The number of hydrogen-bond donors (Lipinski definition) is 2. The summed E-state index contributed by atoms with van der Waals surface area (Å²) >= 11 is 0. The first-order valence-corrected chi connectivity index (χ1v) is 6.36. The second kappa shape index (κ2) is 6.09. The minimum atomic E-state index is -0.0553. The van der Waals surface area contributed by atoms with Gasteiger partial charge in [-0.25, -0.2) is 0 Å². The van der Waals surface area contributed by atoms with Crippen molar-refractivity contribution in [1.29, 1.82) is 0 Å². The number of carbonyl (C=O) groups excluding carboxylic acids is 1. The molecule has 1 aromatic heterocycles. The molecule has 2 rings (SSSR count). The smallest absolute Gasteiger partial charge is 0.251 e. The number of anilines is 1. The Morgan fingerprint density at radius 2 is 2.16 bits per heavy atom. The molecule has 0 radical (unpaired) electrons. The van der Waals surface area contributed by atoms with Crippen molar-refractivity contribution >= 4 is 11.6 Å². The maximum atomic E-state index is 11.7. The number of rotatable bonds is 5. The van der Waals surface area contributed by atoms with Gasteiger partial charge in [-0.2, -0.15) is 0 Å². The highest BCUT2D eigenvalue weighted by Crippen LogP contribution is 2.14. The van der Waals surface area contributed by atoms with E-state index in [9.17, 15) is 4.79 Å². The van der Waals surface area contributed by atoms with Crippen LogP contribution >= 0.6 is 0 Å². The molecule has 4 heteroatoms. The molecule has 2 N–H and O–H groups in total. The molecule has 0 spiro atoms. The summed E-state index contributed by atoms with van der Waals surface area (Å²) in [4.78, 5) is 11.7. The van der Waals surface area contributed by atoms with E-state index >= 15 is 0 Å². The van der Waals surface area contributed by atoms with E-state index in [-0.39, 0.29) is 5.91 Å². The zero-order valence-electron chi connectivity index (χ0n) is 11.2. The molecular formula is C15H18N2O2. The van der Waals surface area contributed by atoms with Gasteiger partial charge in [-0.05, 0) is 43.7 Å². The van der Waals surface area contributed by atoms with Crippen molar-refractivity contribution in [2.75, 3.05) is 11.9 Å². The fraction of sp³-hybridized carbons (Fsp3) is 0.267. The van der Waals surface area contributed by atoms with Crippen molar-refractivity contribution in [1.82, 2.24) is 5.32 Å². The third-order valence-electron chi connectivity index (χ3n) is 2.88. The van der Waals surface area contributed by atoms with Crippen LogP contribution in [0.1, 0.15) is 28.6 Å². The van der Waals surface area contributed by atoms with Crippen LogP contribution in [0.25, 0.3) is 0 Å². The van der Waals surface area contributed by atoms with E-state index < -0.39 is 0 Å². The highest BCUT2D eigenvalue weighted by molar-refractivity contribution is 5.95. The average molecular weight is 258 g/mol. The first-order chi connectivity index (χ1) is 9.20. The van der Waals surface area contributed by atoms with Crippen molar-refractivity contribution in [3.63, 3.8) is 0 Å². The number of furan rings is 1. The molecule has 100 valence electrons. The summed E-state index contributed by atoms with van der Waals surface area (Å²) in [6, 6.07) is 9.36. The molecule has 1 heterocycles. The van der Waals surface area contributed by atoms with Gasteiger partial charge in [0.05, 0.1) is 12.8 Å². The second-order valence-corrected chi connectivity index (χ2v) is 4.32. The van der Waals surface area contributed by atoms with Gasteiger partial charge < -0.3 is 15.1 Å². The highest BCUT2D eigenvalue weighted by Gasteiger charge is 2.05. The predicted octanol–water partition coefficient (Wildman–Crippen LogP) is 2.95. The lowest BCUT2D eigenvalue weighted by molar-refractivity contribution is 0.0956. The molecule has 0 atom stereocenters. The minimum Gasteiger partial charge on any atom is -0.467 e. The normalized spacial score (nSPS) is 10.2. The third kappa shape index (κ3) is 3.37. The maximum Gasteiger partial charge on any atom is 0.251 e. The zero-order chi connectivity index (χ0) is 13.7. The van der Waals surface area contributed by atoms with Crippen LogP contribution in [-0.2, 0) is 6.54 Å². The summed E-state index contributed by atoms with van der Waals surface area (Å²) in [6.45, 7) is 5.14. The largest absolute Gasteiger partial charge is 0.467 e. The Kier molecular flexibility index (Phi) is 4.23. The first-order valence-electron chi connectivity index (χ1n) is 6.36. The van der Waals surface area contributed by atoms with Crippen molar-refractivity contribution in [3.8, 4) is 0 Å². The van der Waals surface area contributed by atoms with E-state index in [2.05, 4.69) is 10.6 Å². The van der Waals surface area contributed by atoms with E-state index in [0.717, 1.165) is 17.0 Å². The van der Waals surface area contributed by atoms with Crippen LogP contribution in [0.4, 0.5) is 5.69 Å². The van der Waals surface area contributed by atoms with Gasteiger partial charge in [-0.15, -0.1) is 0 Å². The van der Waals surface area contributed by atoms with E-state index in [0.29, 0.717) is 18.7 Å². The predicted molar refractivity (Wildman–Crippen MR) is 75.2 cm³/mol. The average Bonchev–Trinajstić information content (AvgIpc) is 2.82. The molecule has 19 heavy (non-hydrogen) atoms. The van der Waals surface area contributed by atoms with Crippen molar-refractivity contribution in [3.05, 3.63) is 53.5 Å².